The lowest BCUT2D eigenvalue weighted by Gasteiger charge is -2.06. The van der Waals surface area contributed by atoms with Crippen molar-refractivity contribution in [3.05, 3.63) is 18.2 Å². The molecular weight excluding hydrogens is 238 g/mol. The Morgan fingerprint density at radius 3 is 3.00 bits per heavy atom. The summed E-state index contributed by atoms with van der Waals surface area (Å²) in [5, 5.41) is 0. The first-order valence-corrected chi connectivity index (χ1v) is 6.89. The van der Waals surface area contributed by atoms with Gasteiger partial charge in [0, 0.05) is 18.0 Å². The van der Waals surface area contributed by atoms with Crippen LogP contribution in [0, 0.1) is 0 Å². The van der Waals surface area contributed by atoms with Gasteiger partial charge in [0.05, 0.1) is 10.2 Å². The van der Waals surface area contributed by atoms with Gasteiger partial charge in [0.2, 0.25) is 0 Å². The molecule has 1 heterocycles. The Labute approximate surface area is 104 Å². The smallest absolute Gasteiger partial charge is 0.151 e. The van der Waals surface area contributed by atoms with Crippen molar-refractivity contribution in [3.8, 4) is 0 Å². The molecule has 1 aromatic carbocycles. The van der Waals surface area contributed by atoms with E-state index in [4.69, 9.17) is 5.73 Å². The number of hydrogen-bond acceptors (Lipinski definition) is 5. The highest BCUT2D eigenvalue weighted by molar-refractivity contribution is 8.01. The maximum absolute atomic E-state index is 5.74. The Morgan fingerprint density at radius 2 is 2.25 bits per heavy atom. The van der Waals surface area contributed by atoms with Crippen molar-refractivity contribution in [1.29, 1.82) is 0 Å². The second-order valence-electron chi connectivity index (χ2n) is 3.86. The topological polar surface area (TPSA) is 42.2 Å². The molecule has 0 spiro atoms. The SMILES string of the molecule is CN(C)CCSc1nc2ccc(N)cc2s1. The van der Waals surface area contributed by atoms with Crippen LogP contribution in [0.4, 0.5) is 5.69 Å². The van der Waals surface area contributed by atoms with Crippen LogP contribution in [0.2, 0.25) is 0 Å². The van der Waals surface area contributed by atoms with E-state index in [0.717, 1.165) is 27.8 Å². The summed E-state index contributed by atoms with van der Waals surface area (Å²) in [7, 11) is 4.17. The summed E-state index contributed by atoms with van der Waals surface area (Å²) < 4.78 is 2.30. The van der Waals surface area contributed by atoms with Crippen molar-refractivity contribution in [1.82, 2.24) is 9.88 Å². The van der Waals surface area contributed by atoms with Crippen molar-refractivity contribution >= 4 is 39.0 Å². The van der Waals surface area contributed by atoms with Gasteiger partial charge in [-0.2, -0.15) is 0 Å². The minimum absolute atomic E-state index is 0.806. The molecule has 0 bridgehead atoms. The molecule has 0 fully saturated rings. The van der Waals surface area contributed by atoms with Gasteiger partial charge in [-0.15, -0.1) is 11.3 Å². The van der Waals surface area contributed by atoms with Gasteiger partial charge >= 0.3 is 0 Å². The van der Waals surface area contributed by atoms with Gasteiger partial charge < -0.3 is 10.6 Å². The summed E-state index contributed by atoms with van der Waals surface area (Å²) in [4.78, 5) is 6.74. The number of thiazole rings is 1. The third-order valence-electron chi connectivity index (χ3n) is 2.16. The van der Waals surface area contributed by atoms with Gasteiger partial charge in [-0.05, 0) is 32.3 Å². The molecule has 2 N–H and O–H groups in total. The molecule has 0 aliphatic rings. The first-order valence-electron chi connectivity index (χ1n) is 5.09. The number of rotatable bonds is 4. The second-order valence-corrected chi connectivity index (χ2v) is 6.23. The Morgan fingerprint density at radius 1 is 1.44 bits per heavy atom. The summed E-state index contributed by atoms with van der Waals surface area (Å²) in [6, 6.07) is 5.87. The van der Waals surface area contributed by atoms with E-state index in [1.165, 1.54) is 4.70 Å². The quantitative estimate of drug-likeness (QED) is 0.671. The molecule has 0 saturated carbocycles. The molecule has 0 amide bonds. The molecule has 0 atom stereocenters. The third kappa shape index (κ3) is 2.87. The first kappa shape index (κ1) is 11.7. The predicted molar refractivity (Wildman–Crippen MR) is 73.3 cm³/mol. The minimum atomic E-state index is 0.806. The van der Waals surface area contributed by atoms with Crippen LogP contribution in [-0.2, 0) is 0 Å². The molecule has 3 nitrogen and oxygen atoms in total. The molecule has 0 aliphatic heterocycles. The van der Waals surface area contributed by atoms with Crippen LogP contribution >= 0.6 is 23.1 Å². The van der Waals surface area contributed by atoms with E-state index < -0.39 is 0 Å². The highest BCUT2D eigenvalue weighted by Crippen LogP contribution is 2.30. The van der Waals surface area contributed by atoms with Gasteiger partial charge in [0.25, 0.3) is 0 Å². The molecule has 0 radical (unpaired) electrons. The summed E-state index contributed by atoms with van der Waals surface area (Å²) in [5.74, 6) is 1.07. The van der Waals surface area contributed by atoms with Crippen LogP contribution in [0.25, 0.3) is 10.2 Å². The van der Waals surface area contributed by atoms with E-state index in [0.29, 0.717) is 0 Å². The standard InChI is InChI=1S/C11H15N3S2/c1-14(2)5-6-15-11-13-9-4-3-8(12)7-10(9)16-11/h3-4,7H,5-6,12H2,1-2H3. The number of hydrogen-bond donors (Lipinski definition) is 1. The molecule has 16 heavy (non-hydrogen) atoms. The molecular formula is C11H15N3S2. The van der Waals surface area contributed by atoms with Crippen molar-refractivity contribution in [3.63, 3.8) is 0 Å². The average Bonchev–Trinajstić information content (AvgIpc) is 2.58. The molecule has 86 valence electrons. The van der Waals surface area contributed by atoms with E-state index >= 15 is 0 Å². The number of nitrogens with two attached hydrogens (primary N) is 1. The second kappa shape index (κ2) is 5.03. The van der Waals surface area contributed by atoms with Gasteiger partial charge in [-0.3, -0.25) is 0 Å². The fraction of sp³-hybridized carbons (Fsp3) is 0.364. The molecule has 0 unspecified atom stereocenters. The normalized spacial score (nSPS) is 11.4. The Kier molecular flexibility index (Phi) is 3.68. The summed E-state index contributed by atoms with van der Waals surface area (Å²) in [6.07, 6.45) is 0. The number of fused-ring (bicyclic) bond motifs is 1. The molecule has 1 aromatic heterocycles. The zero-order chi connectivity index (χ0) is 11.5. The summed E-state index contributed by atoms with van der Waals surface area (Å²) >= 11 is 3.52. The van der Waals surface area contributed by atoms with Crippen molar-refractivity contribution < 1.29 is 0 Å². The Hall–Kier alpha value is -0.780. The lowest BCUT2D eigenvalue weighted by atomic mass is 10.3. The summed E-state index contributed by atoms with van der Waals surface area (Å²) in [5.41, 5.74) is 7.59. The number of benzene rings is 1. The van der Waals surface area contributed by atoms with Crippen LogP contribution in [-0.4, -0.2) is 36.3 Å². The zero-order valence-corrected chi connectivity index (χ0v) is 11.1. The maximum Gasteiger partial charge on any atom is 0.151 e. The average molecular weight is 253 g/mol. The van der Waals surface area contributed by atoms with E-state index in [1.807, 2.05) is 18.2 Å². The number of nitrogens with zero attached hydrogens (tertiary/aromatic N) is 2. The van der Waals surface area contributed by atoms with E-state index in [2.05, 4.69) is 24.0 Å². The van der Waals surface area contributed by atoms with Crippen LogP contribution in [0.15, 0.2) is 22.5 Å². The largest absolute Gasteiger partial charge is 0.399 e. The van der Waals surface area contributed by atoms with Crippen LogP contribution in [0.1, 0.15) is 0 Å². The van der Waals surface area contributed by atoms with Gasteiger partial charge in [0.1, 0.15) is 0 Å². The van der Waals surface area contributed by atoms with Crippen LogP contribution < -0.4 is 5.73 Å². The predicted octanol–water partition coefficient (Wildman–Crippen LogP) is 2.53. The first-order chi connectivity index (χ1) is 7.65. The molecule has 0 saturated heterocycles. The third-order valence-corrected chi connectivity index (χ3v) is 4.30. The Bertz CT molecular complexity index is 479. The van der Waals surface area contributed by atoms with Crippen LogP contribution in [0.5, 0.6) is 0 Å². The zero-order valence-electron chi connectivity index (χ0n) is 9.43. The number of anilines is 1. The van der Waals surface area contributed by atoms with Gasteiger partial charge in [0.15, 0.2) is 4.34 Å². The minimum Gasteiger partial charge on any atom is -0.399 e. The van der Waals surface area contributed by atoms with E-state index in [-0.39, 0.29) is 0 Å². The number of nitrogen functional groups attached to an aromatic ring is 1. The molecule has 2 rings (SSSR count). The highest BCUT2D eigenvalue weighted by Gasteiger charge is 2.04. The van der Waals surface area contributed by atoms with Gasteiger partial charge in [-0.25, -0.2) is 4.98 Å². The van der Waals surface area contributed by atoms with Crippen LogP contribution in [0.3, 0.4) is 0 Å². The Balaban J connectivity index is 2.08. The van der Waals surface area contributed by atoms with Crippen molar-refractivity contribution in [2.75, 3.05) is 32.1 Å². The van der Waals surface area contributed by atoms with E-state index in [1.54, 1.807) is 23.1 Å². The van der Waals surface area contributed by atoms with Gasteiger partial charge in [-0.1, -0.05) is 11.8 Å². The van der Waals surface area contributed by atoms with Crippen molar-refractivity contribution in [2.24, 2.45) is 0 Å². The fourth-order valence-corrected chi connectivity index (χ4v) is 3.59. The van der Waals surface area contributed by atoms with E-state index in [9.17, 15) is 0 Å². The lowest BCUT2D eigenvalue weighted by Crippen LogP contribution is -2.14. The molecule has 5 heteroatoms. The number of thioether (sulfide) groups is 1. The number of aromatic nitrogens is 1. The van der Waals surface area contributed by atoms with Crippen molar-refractivity contribution in [2.45, 2.75) is 4.34 Å². The molecule has 2 aromatic rings. The summed E-state index contributed by atoms with van der Waals surface area (Å²) in [6.45, 7) is 1.07. The monoisotopic (exact) mass is 253 g/mol. The lowest BCUT2D eigenvalue weighted by molar-refractivity contribution is 0.437. The molecule has 0 aliphatic carbocycles. The maximum atomic E-state index is 5.74. The fourth-order valence-electron chi connectivity index (χ4n) is 1.30. The highest BCUT2D eigenvalue weighted by atomic mass is 32.2.